The molecule has 1 heterocycles. The molecule has 0 aliphatic carbocycles. The molecule has 0 amide bonds. The first kappa shape index (κ1) is 44.3. The van der Waals surface area contributed by atoms with Crippen molar-refractivity contribution in [2.45, 2.75) is 0 Å². The molecule has 77 heavy (non-hydrogen) atoms. The summed E-state index contributed by atoms with van der Waals surface area (Å²) in [6, 6.07) is 109. The van der Waals surface area contributed by atoms with Crippen molar-refractivity contribution >= 4 is 110 Å². The first-order valence-electron chi connectivity index (χ1n) is 26.5. The highest BCUT2D eigenvalue weighted by Crippen LogP contribution is 2.49. The summed E-state index contributed by atoms with van der Waals surface area (Å²) >= 11 is 0. The SMILES string of the molecule is c1ccc(-c2ccc(N(c3ccccc3)c3ccc4ccc5c(c4c3)c3c4ccccc4c(N(c4ccccc4)c4ccc(-c6ccccc6)cc4)cc3n5-c3ccc4c5ccccc5c5ccccc5c4c3)cc2)cc1. The number of hydrogen-bond acceptors (Lipinski definition) is 2. The quantitative estimate of drug-likeness (QED) is 0.134. The first-order chi connectivity index (χ1) is 38.2. The Hall–Kier alpha value is -10.2. The zero-order chi connectivity index (χ0) is 50.8. The highest BCUT2D eigenvalue weighted by molar-refractivity contribution is 6.31. The first-order valence-corrected chi connectivity index (χ1v) is 26.5. The third kappa shape index (κ3) is 7.43. The summed E-state index contributed by atoms with van der Waals surface area (Å²) in [6.45, 7) is 0. The standard InChI is InChI=1S/C74H49N3/c1-5-19-50(20-6-1)52-33-39-57(40-34-52)75(55-23-9-3-10-24-55)59-43-37-54-38-46-70-74(68(54)47-59)73-67-32-18-17-31-66(67)71(76(56-25-11-4-12-26-56)58-41-35-53(36-42-58)51-21-7-2-8-22-51)49-72(73)77(70)60-44-45-65-63-29-14-13-27-61(63)62-28-15-16-30-64(62)69(65)48-60/h1-49H. The van der Waals surface area contributed by atoms with Gasteiger partial charge in [-0.3, -0.25) is 0 Å². The van der Waals surface area contributed by atoms with E-state index >= 15 is 0 Å². The molecule has 0 N–H and O–H groups in total. The van der Waals surface area contributed by atoms with Gasteiger partial charge in [0.05, 0.1) is 16.7 Å². The van der Waals surface area contributed by atoms with Crippen LogP contribution in [0.15, 0.2) is 297 Å². The number of aromatic nitrogens is 1. The zero-order valence-electron chi connectivity index (χ0n) is 42.1. The van der Waals surface area contributed by atoms with Crippen LogP contribution in [0.1, 0.15) is 0 Å². The minimum atomic E-state index is 1.08. The van der Waals surface area contributed by atoms with Crippen LogP contribution in [0.5, 0.6) is 0 Å². The molecule has 0 atom stereocenters. The molecule has 0 radical (unpaired) electrons. The van der Waals surface area contributed by atoms with E-state index in [1.54, 1.807) is 0 Å². The van der Waals surface area contributed by atoms with Crippen LogP contribution >= 0.6 is 0 Å². The number of anilines is 6. The molecule has 0 fully saturated rings. The molecule has 15 rings (SSSR count). The molecule has 3 heteroatoms. The van der Waals surface area contributed by atoms with Gasteiger partial charge in [0.2, 0.25) is 0 Å². The maximum Gasteiger partial charge on any atom is 0.0568 e. The van der Waals surface area contributed by atoms with Crippen molar-refractivity contribution in [2.75, 3.05) is 9.80 Å². The summed E-state index contributed by atoms with van der Waals surface area (Å²) in [5.74, 6) is 0. The van der Waals surface area contributed by atoms with Gasteiger partial charge < -0.3 is 14.4 Å². The van der Waals surface area contributed by atoms with Gasteiger partial charge in [-0.25, -0.2) is 0 Å². The second-order valence-electron chi connectivity index (χ2n) is 20.0. The van der Waals surface area contributed by atoms with Crippen molar-refractivity contribution in [3.63, 3.8) is 0 Å². The second-order valence-corrected chi connectivity index (χ2v) is 20.0. The van der Waals surface area contributed by atoms with Gasteiger partial charge >= 0.3 is 0 Å². The van der Waals surface area contributed by atoms with Crippen LogP contribution in [0.3, 0.4) is 0 Å². The van der Waals surface area contributed by atoms with Crippen molar-refractivity contribution in [1.29, 1.82) is 0 Å². The topological polar surface area (TPSA) is 11.4 Å². The predicted molar refractivity (Wildman–Crippen MR) is 329 cm³/mol. The van der Waals surface area contributed by atoms with Crippen LogP contribution in [0, 0.1) is 0 Å². The maximum absolute atomic E-state index is 2.54. The van der Waals surface area contributed by atoms with E-state index in [0.29, 0.717) is 0 Å². The van der Waals surface area contributed by atoms with Crippen molar-refractivity contribution < 1.29 is 0 Å². The van der Waals surface area contributed by atoms with E-state index in [0.717, 1.165) is 50.8 Å². The molecule has 360 valence electrons. The molecule has 0 aliphatic heterocycles. The van der Waals surface area contributed by atoms with Crippen molar-refractivity contribution in [3.8, 4) is 27.9 Å². The molecule has 0 unspecified atom stereocenters. The van der Waals surface area contributed by atoms with Gasteiger partial charge in [-0.05, 0) is 156 Å². The fourth-order valence-corrected chi connectivity index (χ4v) is 12.2. The van der Waals surface area contributed by atoms with Gasteiger partial charge in [-0.2, -0.15) is 0 Å². The van der Waals surface area contributed by atoms with E-state index in [2.05, 4.69) is 312 Å². The van der Waals surface area contributed by atoms with Crippen LogP contribution in [0.4, 0.5) is 34.1 Å². The van der Waals surface area contributed by atoms with E-state index in [1.807, 2.05) is 0 Å². The summed E-state index contributed by atoms with van der Waals surface area (Å²) in [4.78, 5) is 4.83. The monoisotopic (exact) mass is 979 g/mol. The molecule has 1 aromatic heterocycles. The Bertz CT molecular complexity index is 4660. The largest absolute Gasteiger partial charge is 0.310 e. The minimum Gasteiger partial charge on any atom is -0.310 e. The van der Waals surface area contributed by atoms with Gasteiger partial charge in [-0.15, -0.1) is 0 Å². The van der Waals surface area contributed by atoms with Crippen LogP contribution in [-0.4, -0.2) is 4.57 Å². The van der Waals surface area contributed by atoms with Crippen LogP contribution in [-0.2, 0) is 0 Å². The highest BCUT2D eigenvalue weighted by atomic mass is 15.2. The predicted octanol–water partition coefficient (Wildman–Crippen LogP) is 20.8. The number of hydrogen-bond donors (Lipinski definition) is 0. The van der Waals surface area contributed by atoms with Crippen LogP contribution in [0.2, 0.25) is 0 Å². The van der Waals surface area contributed by atoms with Gasteiger partial charge in [0.25, 0.3) is 0 Å². The fraction of sp³-hybridized carbons (Fsp3) is 0. The average molecular weight is 980 g/mol. The fourth-order valence-electron chi connectivity index (χ4n) is 12.2. The number of para-hydroxylation sites is 2. The molecular weight excluding hydrogens is 931 g/mol. The number of benzene rings is 14. The maximum atomic E-state index is 2.54. The van der Waals surface area contributed by atoms with Crippen molar-refractivity contribution in [1.82, 2.24) is 4.57 Å². The minimum absolute atomic E-state index is 1.08. The molecule has 14 aromatic carbocycles. The molecule has 15 aromatic rings. The van der Waals surface area contributed by atoms with Gasteiger partial charge in [0.15, 0.2) is 0 Å². The molecule has 0 saturated heterocycles. The Labute approximate surface area is 447 Å². The van der Waals surface area contributed by atoms with E-state index in [-0.39, 0.29) is 0 Å². The third-order valence-electron chi connectivity index (χ3n) is 15.7. The zero-order valence-corrected chi connectivity index (χ0v) is 42.1. The average Bonchev–Trinajstić information content (AvgIpc) is 4.13. The molecule has 3 nitrogen and oxygen atoms in total. The lowest BCUT2D eigenvalue weighted by Crippen LogP contribution is -2.10. The lowest BCUT2D eigenvalue weighted by Gasteiger charge is -2.27. The second kappa shape index (κ2) is 18.3. The molecule has 0 bridgehead atoms. The Kier molecular flexibility index (Phi) is 10.5. The van der Waals surface area contributed by atoms with E-state index in [4.69, 9.17) is 0 Å². The van der Waals surface area contributed by atoms with Gasteiger partial charge in [-0.1, -0.05) is 212 Å². The number of rotatable bonds is 9. The number of nitrogens with zero attached hydrogens (tertiary/aromatic N) is 3. The Balaban J connectivity index is 1.03. The summed E-state index contributed by atoms with van der Waals surface area (Å²) in [5.41, 5.74) is 14.7. The molecular formula is C74H49N3. The van der Waals surface area contributed by atoms with E-state index < -0.39 is 0 Å². The van der Waals surface area contributed by atoms with Gasteiger partial charge in [0, 0.05) is 50.3 Å². The Morgan fingerprint density at radius 2 is 0.623 bits per heavy atom. The molecule has 0 saturated carbocycles. The molecule has 0 spiro atoms. The van der Waals surface area contributed by atoms with E-state index in [1.165, 1.54) is 86.9 Å². The number of fused-ring (bicyclic) bond motifs is 13. The van der Waals surface area contributed by atoms with Crippen molar-refractivity contribution in [3.05, 3.63) is 297 Å². The lowest BCUT2D eigenvalue weighted by molar-refractivity contribution is 1.18. The van der Waals surface area contributed by atoms with Crippen LogP contribution in [0.25, 0.3) is 104 Å². The molecule has 0 aliphatic rings. The van der Waals surface area contributed by atoms with Crippen LogP contribution < -0.4 is 9.80 Å². The lowest BCUT2D eigenvalue weighted by atomic mass is 9.94. The smallest absolute Gasteiger partial charge is 0.0568 e. The Morgan fingerprint density at radius 1 is 0.221 bits per heavy atom. The normalized spacial score (nSPS) is 11.6. The summed E-state index contributed by atoms with van der Waals surface area (Å²) in [5, 5.41) is 14.7. The third-order valence-corrected chi connectivity index (χ3v) is 15.7. The summed E-state index contributed by atoms with van der Waals surface area (Å²) < 4.78 is 2.54. The highest BCUT2D eigenvalue weighted by Gasteiger charge is 2.25. The van der Waals surface area contributed by atoms with E-state index in [9.17, 15) is 0 Å². The summed E-state index contributed by atoms with van der Waals surface area (Å²) in [6.07, 6.45) is 0. The van der Waals surface area contributed by atoms with Crippen molar-refractivity contribution in [2.24, 2.45) is 0 Å². The summed E-state index contributed by atoms with van der Waals surface area (Å²) in [7, 11) is 0. The van der Waals surface area contributed by atoms with Gasteiger partial charge in [0.1, 0.15) is 0 Å². The Morgan fingerprint density at radius 3 is 1.19 bits per heavy atom.